The van der Waals surface area contributed by atoms with Gasteiger partial charge < -0.3 is 5.11 Å². The average Bonchev–Trinajstić information content (AvgIpc) is 2.34. The largest absolute Gasteiger partial charge is 0.478 e. The first-order valence-corrected chi connectivity index (χ1v) is 4.70. The fraction of sp³-hybridized carbons (Fsp3) is 0. The molecule has 94 valence electrons. The van der Waals surface area contributed by atoms with Crippen LogP contribution in [0.5, 0.6) is 0 Å². The van der Waals surface area contributed by atoms with Crippen LogP contribution in [0.15, 0.2) is 36.4 Å². The Morgan fingerprint density at radius 3 is 2.33 bits per heavy atom. The molecule has 0 aliphatic rings. The zero-order valence-corrected chi connectivity index (χ0v) is 8.99. The SMILES string of the molecule is O=C(O)/C=C\C(=O)NNc1ccc([N+](=O)[O-])cc1. The van der Waals surface area contributed by atoms with Gasteiger partial charge in [0.2, 0.25) is 0 Å². The molecule has 0 bridgehead atoms. The van der Waals surface area contributed by atoms with Gasteiger partial charge in [0.1, 0.15) is 0 Å². The van der Waals surface area contributed by atoms with Crippen LogP contribution in [0.25, 0.3) is 0 Å². The number of carboxylic acids is 1. The maximum Gasteiger partial charge on any atom is 0.328 e. The number of carbonyl (C=O) groups is 2. The van der Waals surface area contributed by atoms with Crippen molar-refractivity contribution in [1.29, 1.82) is 0 Å². The molecule has 8 heteroatoms. The van der Waals surface area contributed by atoms with Crippen LogP contribution >= 0.6 is 0 Å². The van der Waals surface area contributed by atoms with Crippen molar-refractivity contribution in [3.8, 4) is 0 Å². The molecule has 3 N–H and O–H groups in total. The minimum absolute atomic E-state index is 0.0716. The fourth-order valence-electron chi connectivity index (χ4n) is 0.989. The number of anilines is 1. The Bertz CT molecular complexity index is 495. The van der Waals surface area contributed by atoms with Gasteiger partial charge in [-0.25, -0.2) is 4.79 Å². The second-order valence-electron chi connectivity index (χ2n) is 3.09. The Hall–Kier alpha value is -2.90. The van der Waals surface area contributed by atoms with Crippen molar-refractivity contribution in [3.05, 3.63) is 46.5 Å². The van der Waals surface area contributed by atoms with Crippen LogP contribution in [-0.4, -0.2) is 21.9 Å². The Labute approximate surface area is 101 Å². The molecule has 0 aliphatic heterocycles. The van der Waals surface area contributed by atoms with Crippen molar-refractivity contribution in [2.24, 2.45) is 0 Å². The summed E-state index contributed by atoms with van der Waals surface area (Å²) in [5, 5.41) is 18.7. The van der Waals surface area contributed by atoms with E-state index in [0.29, 0.717) is 11.8 Å². The van der Waals surface area contributed by atoms with Crippen molar-refractivity contribution in [2.45, 2.75) is 0 Å². The molecule has 0 fully saturated rings. The number of hydrazine groups is 1. The number of nitrogens with zero attached hydrogens (tertiary/aromatic N) is 1. The Kier molecular flexibility index (Phi) is 4.38. The lowest BCUT2D eigenvalue weighted by atomic mass is 10.3. The summed E-state index contributed by atoms with van der Waals surface area (Å²) in [6.07, 6.45) is 1.52. The van der Waals surface area contributed by atoms with Crippen LogP contribution in [-0.2, 0) is 9.59 Å². The number of nitro groups is 1. The Morgan fingerprint density at radius 2 is 1.83 bits per heavy atom. The first-order chi connectivity index (χ1) is 8.49. The summed E-state index contributed by atoms with van der Waals surface area (Å²) < 4.78 is 0. The molecule has 0 heterocycles. The molecule has 1 amide bonds. The number of carbonyl (C=O) groups excluding carboxylic acids is 1. The molecule has 0 atom stereocenters. The summed E-state index contributed by atoms with van der Waals surface area (Å²) in [7, 11) is 0. The maximum absolute atomic E-state index is 11.1. The summed E-state index contributed by atoms with van der Waals surface area (Å²) in [6.45, 7) is 0. The number of benzene rings is 1. The van der Waals surface area contributed by atoms with Gasteiger partial charge >= 0.3 is 5.97 Å². The highest BCUT2D eigenvalue weighted by molar-refractivity contribution is 5.94. The Morgan fingerprint density at radius 1 is 1.22 bits per heavy atom. The van der Waals surface area contributed by atoms with Crippen molar-refractivity contribution in [2.75, 3.05) is 5.43 Å². The van der Waals surface area contributed by atoms with Crippen LogP contribution in [0.3, 0.4) is 0 Å². The molecule has 0 saturated carbocycles. The smallest absolute Gasteiger partial charge is 0.328 e. The standard InChI is InChI=1S/C10H9N3O5/c14-9(5-6-10(15)16)12-11-7-1-3-8(4-2-7)13(17)18/h1-6,11H,(H,12,14)(H,15,16)/b6-5-. The maximum atomic E-state index is 11.1. The number of aliphatic carboxylic acids is 1. The number of nitro benzene ring substituents is 1. The quantitative estimate of drug-likeness (QED) is 0.402. The molecule has 18 heavy (non-hydrogen) atoms. The highest BCUT2D eigenvalue weighted by atomic mass is 16.6. The number of carboxylic acid groups (broad SMARTS) is 1. The summed E-state index contributed by atoms with van der Waals surface area (Å²) in [4.78, 5) is 31.0. The van der Waals surface area contributed by atoms with E-state index < -0.39 is 16.8 Å². The molecular formula is C10H9N3O5. The monoisotopic (exact) mass is 251 g/mol. The van der Waals surface area contributed by atoms with Crippen LogP contribution in [0.1, 0.15) is 0 Å². The normalized spacial score (nSPS) is 10.0. The van der Waals surface area contributed by atoms with E-state index in [1.54, 1.807) is 0 Å². The molecule has 1 aromatic rings. The average molecular weight is 251 g/mol. The lowest BCUT2D eigenvalue weighted by Gasteiger charge is -2.05. The molecule has 0 unspecified atom stereocenters. The summed E-state index contributed by atoms with van der Waals surface area (Å²) >= 11 is 0. The van der Waals surface area contributed by atoms with Gasteiger partial charge in [-0.15, -0.1) is 0 Å². The van der Waals surface area contributed by atoms with E-state index in [-0.39, 0.29) is 5.69 Å². The van der Waals surface area contributed by atoms with E-state index in [1.807, 2.05) is 0 Å². The highest BCUT2D eigenvalue weighted by Crippen LogP contribution is 2.14. The van der Waals surface area contributed by atoms with Gasteiger partial charge in [-0.3, -0.25) is 25.8 Å². The minimum Gasteiger partial charge on any atom is -0.478 e. The van der Waals surface area contributed by atoms with Crippen molar-refractivity contribution < 1.29 is 19.6 Å². The molecular weight excluding hydrogens is 242 g/mol. The van der Waals surface area contributed by atoms with E-state index in [9.17, 15) is 19.7 Å². The van der Waals surface area contributed by atoms with Crippen molar-refractivity contribution in [3.63, 3.8) is 0 Å². The van der Waals surface area contributed by atoms with Crippen LogP contribution in [0, 0.1) is 10.1 Å². The topological polar surface area (TPSA) is 122 Å². The summed E-state index contributed by atoms with van der Waals surface area (Å²) in [5.41, 5.74) is 5.02. The zero-order chi connectivity index (χ0) is 13.5. The van der Waals surface area contributed by atoms with E-state index in [4.69, 9.17) is 5.11 Å². The third-order valence-corrected chi connectivity index (χ3v) is 1.79. The minimum atomic E-state index is -1.24. The van der Waals surface area contributed by atoms with Gasteiger partial charge in [-0.05, 0) is 12.1 Å². The van der Waals surface area contributed by atoms with Gasteiger partial charge in [-0.1, -0.05) is 0 Å². The fourth-order valence-corrected chi connectivity index (χ4v) is 0.989. The molecule has 0 saturated heterocycles. The van der Waals surface area contributed by atoms with Gasteiger partial charge in [0.05, 0.1) is 10.6 Å². The third-order valence-electron chi connectivity index (χ3n) is 1.79. The molecule has 8 nitrogen and oxygen atoms in total. The second kappa shape index (κ2) is 5.99. The predicted molar refractivity (Wildman–Crippen MR) is 61.6 cm³/mol. The van der Waals surface area contributed by atoms with Crippen LogP contribution in [0.4, 0.5) is 11.4 Å². The van der Waals surface area contributed by atoms with Gasteiger partial charge in [0.25, 0.3) is 11.6 Å². The number of amides is 1. The zero-order valence-electron chi connectivity index (χ0n) is 8.99. The number of hydrogen-bond donors (Lipinski definition) is 3. The van der Waals surface area contributed by atoms with Crippen LogP contribution in [0.2, 0.25) is 0 Å². The van der Waals surface area contributed by atoms with E-state index >= 15 is 0 Å². The van der Waals surface area contributed by atoms with Crippen LogP contribution < -0.4 is 10.9 Å². The van der Waals surface area contributed by atoms with Crippen molar-refractivity contribution >= 4 is 23.3 Å². The van der Waals surface area contributed by atoms with Gasteiger partial charge in [0, 0.05) is 24.3 Å². The predicted octanol–water partition coefficient (Wildman–Crippen LogP) is 0.679. The Balaban J connectivity index is 2.51. The molecule has 0 spiro atoms. The number of non-ortho nitro benzene ring substituents is 1. The second-order valence-corrected chi connectivity index (χ2v) is 3.09. The van der Waals surface area contributed by atoms with Gasteiger partial charge in [-0.2, -0.15) is 0 Å². The molecule has 0 aliphatic carbocycles. The summed E-state index contributed by atoms with van der Waals surface area (Å²) in [6, 6.07) is 5.34. The number of hydrogen-bond acceptors (Lipinski definition) is 5. The number of nitrogens with one attached hydrogen (secondary N) is 2. The molecule has 1 rings (SSSR count). The molecule has 0 radical (unpaired) electrons. The summed E-state index contributed by atoms with van der Waals surface area (Å²) in [5.74, 6) is -1.89. The van der Waals surface area contributed by atoms with Gasteiger partial charge in [0.15, 0.2) is 0 Å². The van der Waals surface area contributed by atoms with Crippen molar-refractivity contribution in [1.82, 2.24) is 5.43 Å². The van der Waals surface area contributed by atoms with E-state index in [1.165, 1.54) is 24.3 Å². The number of rotatable bonds is 5. The molecule has 0 aromatic heterocycles. The molecule has 1 aromatic carbocycles. The lowest BCUT2D eigenvalue weighted by Crippen LogP contribution is -2.27. The first-order valence-electron chi connectivity index (χ1n) is 4.70. The lowest BCUT2D eigenvalue weighted by molar-refractivity contribution is -0.384. The first kappa shape index (κ1) is 13.2. The van der Waals surface area contributed by atoms with E-state index in [0.717, 1.165) is 6.08 Å². The van der Waals surface area contributed by atoms with E-state index in [2.05, 4.69) is 10.9 Å². The third kappa shape index (κ3) is 4.31. The highest BCUT2D eigenvalue weighted by Gasteiger charge is 2.03.